The van der Waals surface area contributed by atoms with E-state index in [-0.39, 0.29) is 30.9 Å². The van der Waals surface area contributed by atoms with Gasteiger partial charge in [-0.25, -0.2) is 4.98 Å². The summed E-state index contributed by atoms with van der Waals surface area (Å²) in [6.07, 6.45) is 2.03. The molecule has 0 saturated carbocycles. The SMILES string of the molecule is Cc1c(CN2CC(CF)C2)nc2cc(B3OC(C)(C)C(C)(C)O3)ccn12. The van der Waals surface area contributed by atoms with E-state index in [1.54, 1.807) is 0 Å². The van der Waals surface area contributed by atoms with Crippen molar-refractivity contribution in [3.05, 3.63) is 29.7 Å². The summed E-state index contributed by atoms with van der Waals surface area (Å²) in [6, 6.07) is 4.08. The van der Waals surface area contributed by atoms with Gasteiger partial charge in [0.1, 0.15) is 5.65 Å². The van der Waals surface area contributed by atoms with E-state index < -0.39 is 0 Å². The van der Waals surface area contributed by atoms with Gasteiger partial charge < -0.3 is 13.7 Å². The number of aromatic nitrogens is 2. The standard InChI is InChI=1S/C19H27BFN3O2/c1-13-16(12-23-10-14(9-21)11-23)22-17-8-15(6-7-24(13)17)20-25-18(2,3)19(4,5)26-20/h6-8,14H,9-12H2,1-5H3. The Morgan fingerprint density at radius 3 is 2.50 bits per heavy atom. The molecule has 2 aliphatic rings. The number of hydrogen-bond acceptors (Lipinski definition) is 4. The van der Waals surface area contributed by atoms with Crippen LogP contribution in [-0.4, -0.2) is 52.4 Å². The summed E-state index contributed by atoms with van der Waals surface area (Å²) >= 11 is 0. The molecule has 0 aliphatic carbocycles. The largest absolute Gasteiger partial charge is 0.495 e. The van der Waals surface area contributed by atoms with E-state index in [2.05, 4.69) is 43.9 Å². The highest BCUT2D eigenvalue weighted by molar-refractivity contribution is 6.62. The zero-order valence-corrected chi connectivity index (χ0v) is 16.3. The lowest BCUT2D eigenvalue weighted by Crippen LogP contribution is -2.47. The van der Waals surface area contributed by atoms with Crippen LogP contribution in [-0.2, 0) is 15.9 Å². The molecule has 0 radical (unpaired) electrons. The maximum atomic E-state index is 12.6. The molecule has 2 aromatic rings. The maximum absolute atomic E-state index is 12.6. The molecule has 0 N–H and O–H groups in total. The second kappa shape index (κ2) is 6.04. The summed E-state index contributed by atoms with van der Waals surface area (Å²) in [5, 5.41) is 0. The molecule has 4 heterocycles. The molecule has 0 amide bonds. The second-order valence-electron chi connectivity index (χ2n) is 8.63. The highest BCUT2D eigenvalue weighted by atomic mass is 19.1. The number of imidazole rings is 1. The normalized spacial score (nSPS) is 22.9. The third-order valence-corrected chi connectivity index (χ3v) is 6.14. The van der Waals surface area contributed by atoms with Crippen LogP contribution in [0.2, 0.25) is 0 Å². The first-order valence-electron chi connectivity index (χ1n) is 9.31. The van der Waals surface area contributed by atoms with E-state index >= 15 is 0 Å². The van der Waals surface area contributed by atoms with Crippen molar-refractivity contribution in [3.8, 4) is 0 Å². The highest BCUT2D eigenvalue weighted by Gasteiger charge is 2.51. The topological polar surface area (TPSA) is 39.0 Å². The Morgan fingerprint density at radius 2 is 1.88 bits per heavy atom. The molecule has 0 spiro atoms. The molecule has 5 nitrogen and oxygen atoms in total. The number of pyridine rings is 1. The first-order valence-corrected chi connectivity index (χ1v) is 9.31. The molecule has 140 valence electrons. The van der Waals surface area contributed by atoms with Gasteiger partial charge in [-0.1, -0.05) is 0 Å². The third-order valence-electron chi connectivity index (χ3n) is 6.14. The van der Waals surface area contributed by atoms with Gasteiger partial charge in [-0.15, -0.1) is 0 Å². The predicted octanol–water partition coefficient (Wildman–Crippen LogP) is 2.34. The fraction of sp³-hybridized carbons (Fsp3) is 0.632. The molecule has 0 atom stereocenters. The van der Waals surface area contributed by atoms with E-state index in [0.29, 0.717) is 0 Å². The lowest BCUT2D eigenvalue weighted by Gasteiger charge is -2.37. The average molecular weight is 359 g/mol. The molecule has 7 heteroatoms. The van der Waals surface area contributed by atoms with Gasteiger partial charge in [0.05, 0.1) is 23.6 Å². The summed E-state index contributed by atoms with van der Waals surface area (Å²) < 4.78 is 27.0. The molecule has 26 heavy (non-hydrogen) atoms. The van der Waals surface area contributed by atoms with Crippen LogP contribution < -0.4 is 5.46 Å². The van der Waals surface area contributed by atoms with Gasteiger partial charge in [0.15, 0.2) is 0 Å². The molecule has 0 unspecified atom stereocenters. The highest BCUT2D eigenvalue weighted by Crippen LogP contribution is 2.36. The minimum Gasteiger partial charge on any atom is -0.399 e. The quantitative estimate of drug-likeness (QED) is 0.786. The van der Waals surface area contributed by atoms with Crippen LogP contribution in [0.15, 0.2) is 18.3 Å². The lowest BCUT2D eigenvalue weighted by molar-refractivity contribution is 0.00578. The summed E-state index contributed by atoms with van der Waals surface area (Å²) in [4.78, 5) is 7.05. The predicted molar refractivity (Wildman–Crippen MR) is 100 cm³/mol. The van der Waals surface area contributed by atoms with Crippen molar-refractivity contribution in [2.45, 2.75) is 52.4 Å². The Kier molecular flexibility index (Phi) is 4.17. The minimum atomic E-state index is -0.383. The Morgan fingerprint density at radius 1 is 1.23 bits per heavy atom. The molecule has 2 aliphatic heterocycles. The van der Waals surface area contributed by atoms with Gasteiger partial charge in [0.2, 0.25) is 0 Å². The fourth-order valence-electron chi connectivity index (χ4n) is 3.62. The summed E-state index contributed by atoms with van der Waals surface area (Å²) in [7, 11) is -0.383. The molecule has 2 fully saturated rings. The number of aryl methyl sites for hydroxylation is 1. The van der Waals surface area contributed by atoms with E-state index in [0.717, 1.165) is 42.1 Å². The van der Waals surface area contributed by atoms with Crippen molar-refractivity contribution in [2.75, 3.05) is 19.8 Å². The molecule has 0 aromatic carbocycles. The van der Waals surface area contributed by atoms with E-state index in [4.69, 9.17) is 14.3 Å². The second-order valence-corrected chi connectivity index (χ2v) is 8.63. The minimum absolute atomic E-state index is 0.197. The van der Waals surface area contributed by atoms with Crippen LogP contribution in [0.5, 0.6) is 0 Å². The molecule has 2 saturated heterocycles. The van der Waals surface area contributed by atoms with Crippen molar-refractivity contribution in [1.82, 2.24) is 14.3 Å². The maximum Gasteiger partial charge on any atom is 0.495 e. The third kappa shape index (κ3) is 2.86. The van der Waals surface area contributed by atoms with Gasteiger partial charge in [-0.3, -0.25) is 9.29 Å². The monoisotopic (exact) mass is 359 g/mol. The van der Waals surface area contributed by atoms with Gasteiger partial charge >= 0.3 is 7.12 Å². The average Bonchev–Trinajstić information content (AvgIpc) is 2.95. The van der Waals surface area contributed by atoms with Crippen molar-refractivity contribution in [1.29, 1.82) is 0 Å². The number of halogens is 1. The summed E-state index contributed by atoms with van der Waals surface area (Å²) in [6.45, 7) is 12.5. The Bertz CT molecular complexity index is 814. The molecule has 4 rings (SSSR count). The zero-order chi connectivity index (χ0) is 18.7. The smallest absolute Gasteiger partial charge is 0.399 e. The number of rotatable bonds is 4. The van der Waals surface area contributed by atoms with Crippen LogP contribution in [0.25, 0.3) is 5.65 Å². The van der Waals surface area contributed by atoms with Crippen molar-refractivity contribution < 1.29 is 13.7 Å². The van der Waals surface area contributed by atoms with E-state index in [9.17, 15) is 4.39 Å². The Balaban J connectivity index is 1.56. The number of alkyl halides is 1. The van der Waals surface area contributed by atoms with Crippen LogP contribution in [0, 0.1) is 12.8 Å². The molecule has 2 aromatic heterocycles. The van der Waals surface area contributed by atoms with Crippen molar-refractivity contribution in [3.63, 3.8) is 0 Å². The number of fused-ring (bicyclic) bond motifs is 1. The molecular formula is C19H27BFN3O2. The summed E-state index contributed by atoms with van der Waals surface area (Å²) in [5.74, 6) is 0.197. The summed E-state index contributed by atoms with van der Waals surface area (Å²) in [5.41, 5.74) is 3.34. The lowest BCUT2D eigenvalue weighted by atomic mass is 9.80. The Labute approximate surface area is 154 Å². The van der Waals surface area contributed by atoms with Crippen LogP contribution >= 0.6 is 0 Å². The molecule has 0 bridgehead atoms. The Hall–Kier alpha value is -1.44. The van der Waals surface area contributed by atoms with Crippen LogP contribution in [0.4, 0.5) is 4.39 Å². The molecular weight excluding hydrogens is 332 g/mol. The number of nitrogens with zero attached hydrogens (tertiary/aromatic N) is 3. The van der Waals surface area contributed by atoms with Crippen LogP contribution in [0.3, 0.4) is 0 Å². The van der Waals surface area contributed by atoms with Crippen molar-refractivity contribution >= 4 is 18.2 Å². The first-order chi connectivity index (χ1) is 12.2. The number of likely N-dealkylation sites (tertiary alicyclic amines) is 1. The van der Waals surface area contributed by atoms with Gasteiger partial charge in [0.25, 0.3) is 0 Å². The van der Waals surface area contributed by atoms with Gasteiger partial charge in [0, 0.05) is 37.4 Å². The van der Waals surface area contributed by atoms with Gasteiger partial charge in [-0.2, -0.15) is 0 Å². The fourth-order valence-corrected chi connectivity index (χ4v) is 3.62. The van der Waals surface area contributed by atoms with Gasteiger partial charge in [-0.05, 0) is 52.2 Å². The zero-order valence-electron chi connectivity index (χ0n) is 16.3. The van der Waals surface area contributed by atoms with Crippen molar-refractivity contribution in [2.24, 2.45) is 5.92 Å². The first kappa shape index (κ1) is 18.0. The van der Waals surface area contributed by atoms with E-state index in [1.807, 2.05) is 18.3 Å². The van der Waals surface area contributed by atoms with Crippen LogP contribution in [0.1, 0.15) is 39.1 Å². The van der Waals surface area contributed by atoms with E-state index in [1.165, 1.54) is 0 Å². The number of hydrogen-bond donors (Lipinski definition) is 0.